The molecule has 4 atom stereocenters. The predicted octanol–water partition coefficient (Wildman–Crippen LogP) is 9.72. The molecule has 0 bridgehead atoms. The van der Waals surface area contributed by atoms with Gasteiger partial charge in [0.05, 0.1) is 11.1 Å². The van der Waals surface area contributed by atoms with Gasteiger partial charge < -0.3 is 9.16 Å². The number of hydrogen-bond acceptors (Lipinski definition) is 5. The van der Waals surface area contributed by atoms with E-state index in [1.54, 1.807) is 26.8 Å². The summed E-state index contributed by atoms with van der Waals surface area (Å²) in [6.07, 6.45) is 1.75. The molecule has 0 unspecified atom stereocenters. The summed E-state index contributed by atoms with van der Waals surface area (Å²) < 4.78 is 44.7. The van der Waals surface area contributed by atoms with Crippen LogP contribution in [0.15, 0.2) is 36.4 Å². The van der Waals surface area contributed by atoms with E-state index in [2.05, 4.69) is 59.1 Å². The Balaban J connectivity index is 2.33. The average Bonchev–Trinajstić information content (AvgIpc) is 3.25. The second kappa shape index (κ2) is 13.6. The third-order valence-electron chi connectivity index (χ3n) is 9.98. The molecule has 5 nitrogen and oxygen atoms in total. The number of benzene rings is 2. The quantitative estimate of drug-likeness (QED) is 0.200. The maximum Gasteiger partial charge on any atom is 0.324 e. The second-order valence-electron chi connectivity index (χ2n) is 14.9. The first-order valence-electron chi connectivity index (χ1n) is 15.6. The summed E-state index contributed by atoms with van der Waals surface area (Å²) in [5, 5.41) is 14.6. The number of halogens is 4. The van der Waals surface area contributed by atoms with Crippen molar-refractivity contribution in [1.82, 2.24) is 5.32 Å². The highest BCUT2D eigenvalue weighted by molar-refractivity contribution is 6.74. The first kappa shape index (κ1) is 37.4. The van der Waals surface area contributed by atoms with E-state index < -0.39 is 60.4 Å². The number of ether oxygens (including phenoxy) is 1. The highest BCUT2D eigenvalue weighted by Gasteiger charge is 2.62. The van der Waals surface area contributed by atoms with Gasteiger partial charge in [-0.3, -0.25) is 10.1 Å². The lowest BCUT2D eigenvalue weighted by Gasteiger charge is -2.43. The Morgan fingerprint density at radius 2 is 1.69 bits per heavy atom. The van der Waals surface area contributed by atoms with Crippen LogP contribution in [0.3, 0.4) is 0 Å². The molecule has 0 spiro atoms. The van der Waals surface area contributed by atoms with Crippen molar-refractivity contribution in [3.8, 4) is 6.07 Å². The van der Waals surface area contributed by atoms with Gasteiger partial charge >= 0.3 is 5.97 Å². The summed E-state index contributed by atoms with van der Waals surface area (Å²) in [5.74, 6) is -3.35. The Bertz CT molecular complexity index is 1430. The van der Waals surface area contributed by atoms with Gasteiger partial charge in [0.25, 0.3) is 0 Å². The van der Waals surface area contributed by atoms with E-state index in [1.165, 1.54) is 24.3 Å². The largest absolute Gasteiger partial charge is 0.459 e. The summed E-state index contributed by atoms with van der Waals surface area (Å²) in [4.78, 5) is 13.9. The van der Waals surface area contributed by atoms with Crippen molar-refractivity contribution in [1.29, 1.82) is 5.26 Å². The summed E-state index contributed by atoms with van der Waals surface area (Å²) in [5.41, 5.74) is -3.02. The third kappa shape index (κ3) is 7.60. The normalized spacial score (nSPS) is 22.7. The predicted molar refractivity (Wildman–Crippen MR) is 180 cm³/mol. The van der Waals surface area contributed by atoms with Crippen LogP contribution >= 0.6 is 23.2 Å². The van der Waals surface area contributed by atoms with E-state index in [0.29, 0.717) is 25.9 Å². The van der Waals surface area contributed by atoms with E-state index in [1.807, 2.05) is 0 Å². The maximum atomic E-state index is 16.1. The highest BCUT2D eigenvalue weighted by Crippen LogP contribution is 2.54. The molecule has 0 amide bonds. The van der Waals surface area contributed by atoms with Gasteiger partial charge in [0.15, 0.2) is 8.32 Å². The Kier molecular flexibility index (Phi) is 11.3. The molecular formula is C35H48Cl2F2N2O3Si. The van der Waals surface area contributed by atoms with E-state index in [-0.39, 0.29) is 26.2 Å². The van der Waals surface area contributed by atoms with Gasteiger partial charge in [-0.2, -0.15) is 5.26 Å². The number of carbonyl (C=O) groups excluding carboxylic acids is 1. The minimum absolute atomic E-state index is 0.0220. The highest BCUT2D eigenvalue weighted by atomic mass is 35.5. The molecule has 10 heteroatoms. The molecule has 0 radical (unpaired) electrons. The van der Waals surface area contributed by atoms with Gasteiger partial charge in [-0.05, 0) is 87.3 Å². The van der Waals surface area contributed by atoms with Crippen LogP contribution in [0, 0.1) is 28.4 Å². The second-order valence-corrected chi connectivity index (χ2v) is 20.6. The SMILES string of the molecule is CCC(CC)(CO[Si](C)(C)C(C)(C)C)C[C@@H]1N[C@@H](C(=O)OC(C)(C)C)[C@H](c2cccc(Cl)c2F)[C@@]1(C#N)c1ccc(Cl)cc1F. The summed E-state index contributed by atoms with van der Waals surface area (Å²) in [6.45, 7) is 20.7. The minimum Gasteiger partial charge on any atom is -0.459 e. The molecule has 2 aromatic rings. The standard InChI is InChI=1S/C35H48Cl2F2N2O3Si/c1-11-34(12-2,21-43-45(9,10)33(6,7)8)19-27-35(20-40,24-17-16-22(36)18-26(24)38)28(23-14-13-15-25(37)29(23)39)30(41-27)31(42)44-32(3,4)5/h13-18,27-28,30,41H,11-12,19,21H2,1-10H3/t27-,28-,30+,35-/m0/s1. The van der Waals surface area contributed by atoms with Crippen LogP contribution in [0.1, 0.15) is 91.7 Å². The Morgan fingerprint density at radius 1 is 1.07 bits per heavy atom. The van der Waals surface area contributed by atoms with Gasteiger partial charge in [0, 0.05) is 29.2 Å². The van der Waals surface area contributed by atoms with E-state index >= 15 is 8.78 Å². The zero-order valence-corrected chi connectivity index (χ0v) is 30.7. The lowest BCUT2D eigenvalue weighted by molar-refractivity contribution is -0.157. The maximum absolute atomic E-state index is 16.1. The van der Waals surface area contributed by atoms with Crippen molar-refractivity contribution in [3.05, 3.63) is 69.2 Å². The monoisotopic (exact) mass is 680 g/mol. The first-order chi connectivity index (χ1) is 20.7. The zero-order valence-electron chi connectivity index (χ0n) is 28.2. The van der Waals surface area contributed by atoms with Crippen molar-refractivity contribution >= 4 is 37.5 Å². The van der Waals surface area contributed by atoms with Crippen molar-refractivity contribution in [2.75, 3.05) is 6.61 Å². The minimum atomic E-state index is -2.16. The number of nitrogens with zero attached hydrogens (tertiary/aromatic N) is 1. The topological polar surface area (TPSA) is 71.3 Å². The van der Waals surface area contributed by atoms with Crippen LogP contribution in [0.2, 0.25) is 28.2 Å². The molecule has 45 heavy (non-hydrogen) atoms. The molecule has 1 N–H and O–H groups in total. The zero-order chi connectivity index (χ0) is 34.2. The summed E-state index contributed by atoms with van der Waals surface area (Å²) in [7, 11) is -2.16. The lowest BCUT2D eigenvalue weighted by atomic mass is 9.61. The molecule has 1 heterocycles. The third-order valence-corrected chi connectivity index (χ3v) is 15.0. The Labute approximate surface area is 279 Å². The number of nitriles is 1. The number of carbonyl (C=O) groups is 1. The molecule has 3 rings (SSSR count). The van der Waals surface area contributed by atoms with E-state index in [4.69, 9.17) is 32.4 Å². The molecular weight excluding hydrogens is 633 g/mol. The molecule has 1 aliphatic heterocycles. The molecule has 0 aliphatic carbocycles. The fourth-order valence-electron chi connectivity index (χ4n) is 6.07. The van der Waals surface area contributed by atoms with Gasteiger partial charge in [0.1, 0.15) is 28.7 Å². The Hall–Kier alpha value is -2.02. The molecule has 1 aliphatic rings. The van der Waals surface area contributed by atoms with Crippen molar-refractivity contribution in [2.45, 2.75) is 122 Å². The van der Waals surface area contributed by atoms with Gasteiger partial charge in [-0.1, -0.05) is 76.0 Å². The van der Waals surface area contributed by atoms with Crippen molar-refractivity contribution < 1.29 is 22.7 Å². The number of rotatable bonds is 10. The van der Waals surface area contributed by atoms with Crippen LogP contribution in [-0.2, 0) is 19.4 Å². The Morgan fingerprint density at radius 3 is 2.20 bits per heavy atom. The van der Waals surface area contributed by atoms with Gasteiger partial charge in [-0.15, -0.1) is 0 Å². The fourth-order valence-corrected chi connectivity index (χ4v) is 7.51. The van der Waals surface area contributed by atoms with Gasteiger partial charge in [-0.25, -0.2) is 8.78 Å². The average molecular weight is 682 g/mol. The molecule has 1 saturated heterocycles. The molecule has 0 aromatic heterocycles. The van der Waals surface area contributed by atoms with Crippen LogP contribution in [0.4, 0.5) is 8.78 Å². The molecule has 2 aromatic carbocycles. The van der Waals surface area contributed by atoms with E-state index in [9.17, 15) is 10.1 Å². The van der Waals surface area contributed by atoms with Gasteiger partial charge in [0.2, 0.25) is 0 Å². The first-order valence-corrected chi connectivity index (χ1v) is 19.3. The number of hydrogen-bond donors (Lipinski definition) is 1. The van der Waals surface area contributed by atoms with Crippen LogP contribution in [0.25, 0.3) is 0 Å². The van der Waals surface area contributed by atoms with Crippen LogP contribution in [0.5, 0.6) is 0 Å². The molecule has 0 saturated carbocycles. The van der Waals surface area contributed by atoms with E-state index in [0.717, 1.165) is 6.07 Å². The van der Waals surface area contributed by atoms with Crippen molar-refractivity contribution in [2.24, 2.45) is 5.41 Å². The number of nitrogens with one attached hydrogen (secondary N) is 1. The summed E-state index contributed by atoms with van der Waals surface area (Å²) >= 11 is 12.4. The summed E-state index contributed by atoms with van der Waals surface area (Å²) in [6, 6.07) is 9.01. The number of esters is 1. The van der Waals surface area contributed by atoms with Crippen LogP contribution < -0.4 is 5.32 Å². The van der Waals surface area contributed by atoms with Crippen molar-refractivity contribution in [3.63, 3.8) is 0 Å². The molecule has 1 fully saturated rings. The fraction of sp³-hybridized carbons (Fsp3) is 0.600. The van der Waals surface area contributed by atoms with Crippen LogP contribution in [-0.4, -0.2) is 38.6 Å². The smallest absolute Gasteiger partial charge is 0.324 e. The lowest BCUT2D eigenvalue weighted by Crippen LogP contribution is -2.49. The molecule has 248 valence electrons.